The summed E-state index contributed by atoms with van der Waals surface area (Å²) in [5.74, 6) is -0.344. The number of piperidine rings is 1. The fraction of sp³-hybridized carbons (Fsp3) is 0.562. The van der Waals surface area contributed by atoms with Gasteiger partial charge in [0.15, 0.2) is 0 Å². The zero-order valence-corrected chi connectivity index (χ0v) is 12.8. The number of likely N-dealkylation sites (tertiary alicyclic amines) is 1. The maximum absolute atomic E-state index is 13.9. The largest absolute Gasteiger partial charge is 0.444 e. The van der Waals surface area contributed by atoms with Crippen LogP contribution in [-0.2, 0) is 4.74 Å². The van der Waals surface area contributed by atoms with E-state index in [1.807, 2.05) is 20.8 Å². The molecule has 0 aromatic heterocycles. The van der Waals surface area contributed by atoms with Gasteiger partial charge in [0, 0.05) is 25.0 Å². The van der Waals surface area contributed by atoms with Crippen molar-refractivity contribution in [2.24, 2.45) is 5.73 Å². The third-order valence-corrected chi connectivity index (χ3v) is 3.48. The summed E-state index contributed by atoms with van der Waals surface area (Å²) < 4.78 is 19.3. The fourth-order valence-corrected chi connectivity index (χ4v) is 2.65. The van der Waals surface area contributed by atoms with E-state index < -0.39 is 5.60 Å². The molecule has 2 N–H and O–H groups in total. The SMILES string of the molecule is CC(C)(C)OC(=O)N1C[C@@H](N)C[C@@H](c2ccccc2F)C1. The Labute approximate surface area is 125 Å². The average Bonchev–Trinajstić information content (AvgIpc) is 2.36. The van der Waals surface area contributed by atoms with Crippen LogP contribution in [0.5, 0.6) is 0 Å². The van der Waals surface area contributed by atoms with E-state index in [0.29, 0.717) is 25.1 Å². The molecule has 1 aromatic rings. The summed E-state index contributed by atoms with van der Waals surface area (Å²) in [5, 5.41) is 0. The van der Waals surface area contributed by atoms with Gasteiger partial charge in [0.05, 0.1) is 0 Å². The molecule has 1 amide bonds. The minimum Gasteiger partial charge on any atom is -0.444 e. The molecule has 1 saturated heterocycles. The standard InChI is InChI=1S/C16H23FN2O2/c1-16(2,3)21-15(20)19-9-11(8-12(18)10-19)13-6-4-5-7-14(13)17/h4-7,11-12H,8-10,18H2,1-3H3/t11-,12+/m1/s1. The molecule has 0 spiro atoms. The van der Waals surface area contributed by atoms with Gasteiger partial charge >= 0.3 is 6.09 Å². The van der Waals surface area contributed by atoms with E-state index in [1.165, 1.54) is 6.07 Å². The lowest BCUT2D eigenvalue weighted by Gasteiger charge is -2.37. The molecule has 0 aliphatic carbocycles. The van der Waals surface area contributed by atoms with Crippen molar-refractivity contribution in [2.75, 3.05) is 13.1 Å². The number of carbonyl (C=O) groups is 1. The van der Waals surface area contributed by atoms with Gasteiger partial charge in [-0.3, -0.25) is 0 Å². The van der Waals surface area contributed by atoms with Crippen LogP contribution in [0.2, 0.25) is 0 Å². The summed E-state index contributed by atoms with van der Waals surface area (Å²) in [4.78, 5) is 13.8. The molecule has 116 valence electrons. The fourth-order valence-electron chi connectivity index (χ4n) is 2.65. The molecule has 21 heavy (non-hydrogen) atoms. The van der Waals surface area contributed by atoms with Crippen LogP contribution in [-0.4, -0.2) is 35.7 Å². The van der Waals surface area contributed by atoms with Gasteiger partial charge in [0.2, 0.25) is 0 Å². The third-order valence-electron chi connectivity index (χ3n) is 3.48. The molecule has 2 rings (SSSR count). The number of hydrogen-bond donors (Lipinski definition) is 1. The Kier molecular flexibility index (Phi) is 4.52. The molecular weight excluding hydrogens is 271 g/mol. The van der Waals surface area contributed by atoms with Crippen LogP contribution in [0.25, 0.3) is 0 Å². The maximum Gasteiger partial charge on any atom is 0.410 e. The molecule has 2 atom stereocenters. The summed E-state index contributed by atoms with van der Waals surface area (Å²) in [5.41, 5.74) is 6.10. The predicted molar refractivity (Wildman–Crippen MR) is 79.5 cm³/mol. The first-order valence-electron chi connectivity index (χ1n) is 7.24. The Balaban J connectivity index is 2.13. The van der Waals surface area contributed by atoms with Crippen molar-refractivity contribution in [1.82, 2.24) is 4.90 Å². The summed E-state index contributed by atoms with van der Waals surface area (Å²) in [6, 6.07) is 6.48. The Hall–Kier alpha value is -1.62. The van der Waals surface area contributed by atoms with Crippen molar-refractivity contribution in [3.8, 4) is 0 Å². The van der Waals surface area contributed by atoms with Gasteiger partial charge in [-0.15, -0.1) is 0 Å². The van der Waals surface area contributed by atoms with Crippen molar-refractivity contribution < 1.29 is 13.9 Å². The number of carbonyl (C=O) groups excluding carboxylic acids is 1. The van der Waals surface area contributed by atoms with Crippen LogP contribution < -0.4 is 5.73 Å². The number of benzene rings is 1. The zero-order chi connectivity index (χ0) is 15.6. The smallest absolute Gasteiger partial charge is 0.410 e. The van der Waals surface area contributed by atoms with E-state index in [4.69, 9.17) is 10.5 Å². The van der Waals surface area contributed by atoms with E-state index in [0.717, 1.165) is 0 Å². The molecule has 1 aliphatic rings. The van der Waals surface area contributed by atoms with Gasteiger partial charge < -0.3 is 15.4 Å². The highest BCUT2D eigenvalue weighted by atomic mass is 19.1. The summed E-state index contributed by atoms with van der Waals surface area (Å²) in [7, 11) is 0. The summed E-state index contributed by atoms with van der Waals surface area (Å²) >= 11 is 0. The molecule has 0 bridgehead atoms. The monoisotopic (exact) mass is 294 g/mol. The first-order chi connectivity index (χ1) is 9.76. The van der Waals surface area contributed by atoms with Gasteiger partial charge in [-0.25, -0.2) is 9.18 Å². The van der Waals surface area contributed by atoms with Crippen molar-refractivity contribution in [3.05, 3.63) is 35.6 Å². The molecule has 1 fully saturated rings. The van der Waals surface area contributed by atoms with Crippen molar-refractivity contribution in [3.63, 3.8) is 0 Å². The summed E-state index contributed by atoms with van der Waals surface area (Å²) in [6.07, 6.45) is 0.277. The van der Waals surface area contributed by atoms with Gasteiger partial charge in [0.1, 0.15) is 11.4 Å². The van der Waals surface area contributed by atoms with Crippen molar-refractivity contribution >= 4 is 6.09 Å². The minimum absolute atomic E-state index is 0.0949. The normalized spacial score (nSPS) is 23.0. The maximum atomic E-state index is 13.9. The van der Waals surface area contributed by atoms with Gasteiger partial charge in [-0.2, -0.15) is 0 Å². The highest BCUT2D eigenvalue weighted by Crippen LogP contribution is 2.29. The Morgan fingerprint density at radius 3 is 2.62 bits per heavy atom. The molecule has 0 radical (unpaired) electrons. The first kappa shape index (κ1) is 15.8. The molecule has 4 nitrogen and oxygen atoms in total. The number of rotatable bonds is 1. The lowest BCUT2D eigenvalue weighted by Crippen LogP contribution is -2.50. The second-order valence-electron chi connectivity index (χ2n) is 6.60. The lowest BCUT2D eigenvalue weighted by molar-refractivity contribution is 0.0179. The Morgan fingerprint density at radius 1 is 1.33 bits per heavy atom. The molecule has 1 aliphatic heterocycles. The molecule has 1 heterocycles. The second-order valence-corrected chi connectivity index (χ2v) is 6.60. The number of ether oxygens (including phenoxy) is 1. The van der Waals surface area contributed by atoms with Crippen LogP contribution >= 0.6 is 0 Å². The Morgan fingerprint density at radius 2 is 2.00 bits per heavy atom. The Bertz CT molecular complexity index is 513. The van der Waals surface area contributed by atoms with E-state index in [9.17, 15) is 9.18 Å². The number of halogens is 1. The number of amides is 1. The number of hydrogen-bond acceptors (Lipinski definition) is 3. The van der Waals surface area contributed by atoms with E-state index in [1.54, 1.807) is 23.1 Å². The van der Waals surface area contributed by atoms with Crippen LogP contribution in [0, 0.1) is 5.82 Å². The average molecular weight is 294 g/mol. The van der Waals surface area contributed by atoms with Gasteiger partial charge in [0.25, 0.3) is 0 Å². The van der Waals surface area contributed by atoms with Crippen molar-refractivity contribution in [2.45, 2.75) is 44.8 Å². The van der Waals surface area contributed by atoms with Crippen LogP contribution in [0.1, 0.15) is 38.7 Å². The topological polar surface area (TPSA) is 55.6 Å². The summed E-state index contributed by atoms with van der Waals surface area (Å²) in [6.45, 7) is 6.35. The van der Waals surface area contributed by atoms with E-state index in [2.05, 4.69) is 0 Å². The zero-order valence-electron chi connectivity index (χ0n) is 12.8. The molecule has 0 saturated carbocycles. The lowest BCUT2D eigenvalue weighted by atomic mass is 9.88. The van der Waals surface area contributed by atoms with Gasteiger partial charge in [-0.1, -0.05) is 18.2 Å². The number of nitrogens with two attached hydrogens (primary N) is 1. The minimum atomic E-state index is -0.549. The first-order valence-corrected chi connectivity index (χ1v) is 7.24. The van der Waals surface area contributed by atoms with E-state index in [-0.39, 0.29) is 23.9 Å². The molecule has 5 heteroatoms. The predicted octanol–water partition coefficient (Wildman–Crippen LogP) is 2.88. The molecule has 0 unspecified atom stereocenters. The quantitative estimate of drug-likeness (QED) is 0.866. The molecular formula is C16H23FN2O2. The second kappa shape index (κ2) is 6.02. The van der Waals surface area contributed by atoms with Crippen LogP contribution in [0.15, 0.2) is 24.3 Å². The highest BCUT2D eigenvalue weighted by Gasteiger charge is 2.32. The third kappa shape index (κ3) is 4.17. The van der Waals surface area contributed by atoms with Gasteiger partial charge in [-0.05, 0) is 38.8 Å². The van der Waals surface area contributed by atoms with Crippen molar-refractivity contribution in [1.29, 1.82) is 0 Å². The van der Waals surface area contributed by atoms with Crippen LogP contribution in [0.4, 0.5) is 9.18 Å². The molecule has 1 aromatic carbocycles. The van der Waals surface area contributed by atoms with E-state index >= 15 is 0 Å². The number of nitrogens with zero attached hydrogens (tertiary/aromatic N) is 1. The van der Waals surface area contributed by atoms with Crippen LogP contribution in [0.3, 0.4) is 0 Å². The highest BCUT2D eigenvalue weighted by molar-refractivity contribution is 5.68.